The highest BCUT2D eigenvalue weighted by molar-refractivity contribution is 7.91. The lowest BCUT2D eigenvalue weighted by Gasteiger charge is -2.23. The number of aromatic nitrogens is 2. The first-order chi connectivity index (χ1) is 11.9. The van der Waals surface area contributed by atoms with Crippen molar-refractivity contribution >= 4 is 50.5 Å². The molecule has 2 rings (SSSR count). The minimum Gasteiger partial charge on any atom is -0.369 e. The lowest BCUT2D eigenvalue weighted by Crippen LogP contribution is -2.27. The number of nitrogens with one attached hydrogen (secondary N) is 1. The molecule has 1 heterocycles. The maximum atomic E-state index is 12.3. The van der Waals surface area contributed by atoms with Crippen molar-refractivity contribution in [1.82, 2.24) is 9.55 Å². The zero-order valence-electron chi connectivity index (χ0n) is 13.8. The third-order valence-corrected chi connectivity index (χ3v) is 5.23. The van der Waals surface area contributed by atoms with Crippen LogP contribution in [0.15, 0.2) is 30.5 Å². The van der Waals surface area contributed by atoms with Crippen LogP contribution >= 0.6 is 23.2 Å². The highest BCUT2D eigenvalue weighted by Gasteiger charge is 2.16. The molecule has 0 aliphatic heterocycles. The lowest BCUT2D eigenvalue weighted by molar-refractivity contribution is 0.599. The van der Waals surface area contributed by atoms with Crippen LogP contribution in [0.4, 0.5) is 17.3 Å². The molecule has 0 aliphatic rings. The summed E-state index contributed by atoms with van der Waals surface area (Å²) in [5.41, 5.74) is 7.55. The molecule has 7 nitrogen and oxygen atoms in total. The number of alkyl halides is 2. The van der Waals surface area contributed by atoms with Gasteiger partial charge in [0, 0.05) is 43.3 Å². The summed E-state index contributed by atoms with van der Waals surface area (Å²) >= 11 is 11.6. The molecule has 0 unspecified atom stereocenters. The standard InChI is InChI=1S/C15H21Cl2N5O2S/c1-21-14(10-19-15(21)18)11-25(23,24)20-12-2-4-13(5-3-12)22(8-6-16)9-7-17/h2-5,10,20H,6-9,11H2,1H3,(H2,18,19). The molecule has 10 heteroatoms. The molecule has 0 spiro atoms. The summed E-state index contributed by atoms with van der Waals surface area (Å²) in [6.07, 6.45) is 1.45. The largest absolute Gasteiger partial charge is 0.369 e. The first-order valence-electron chi connectivity index (χ1n) is 7.60. The van der Waals surface area contributed by atoms with E-state index < -0.39 is 10.0 Å². The Balaban J connectivity index is 2.08. The van der Waals surface area contributed by atoms with Crippen LogP contribution in [0.25, 0.3) is 0 Å². The highest BCUT2D eigenvalue weighted by atomic mass is 35.5. The second kappa shape index (κ2) is 8.64. The van der Waals surface area contributed by atoms with Gasteiger partial charge in [-0.2, -0.15) is 0 Å². The van der Waals surface area contributed by atoms with Crippen LogP contribution in [0.5, 0.6) is 0 Å². The fourth-order valence-corrected chi connectivity index (χ4v) is 3.95. The summed E-state index contributed by atoms with van der Waals surface area (Å²) < 4.78 is 28.7. The van der Waals surface area contributed by atoms with Crippen molar-refractivity contribution in [3.8, 4) is 0 Å². The topological polar surface area (TPSA) is 93.2 Å². The molecular formula is C15H21Cl2N5O2S. The third-order valence-electron chi connectivity index (χ3n) is 3.67. The van der Waals surface area contributed by atoms with Gasteiger partial charge < -0.3 is 15.2 Å². The summed E-state index contributed by atoms with van der Waals surface area (Å²) in [5.74, 6) is 1.03. The predicted molar refractivity (Wildman–Crippen MR) is 104 cm³/mol. The Bertz CT molecular complexity index is 787. The second-order valence-corrected chi connectivity index (χ2v) is 7.92. The van der Waals surface area contributed by atoms with Crippen LogP contribution in [0, 0.1) is 0 Å². The molecule has 0 radical (unpaired) electrons. The third kappa shape index (κ3) is 5.42. The van der Waals surface area contributed by atoms with Crippen molar-refractivity contribution in [2.45, 2.75) is 5.75 Å². The van der Waals surface area contributed by atoms with Crippen molar-refractivity contribution in [3.63, 3.8) is 0 Å². The fraction of sp³-hybridized carbons (Fsp3) is 0.400. The van der Waals surface area contributed by atoms with Crippen molar-refractivity contribution in [2.24, 2.45) is 7.05 Å². The number of anilines is 3. The van der Waals surface area contributed by atoms with Gasteiger partial charge in [0.1, 0.15) is 5.75 Å². The SMILES string of the molecule is Cn1c(CS(=O)(=O)Nc2ccc(N(CCCl)CCCl)cc2)cnc1N. The summed E-state index contributed by atoms with van der Waals surface area (Å²) in [4.78, 5) is 5.93. The van der Waals surface area contributed by atoms with E-state index in [-0.39, 0.29) is 11.7 Å². The van der Waals surface area contributed by atoms with Gasteiger partial charge in [-0.25, -0.2) is 13.4 Å². The number of sulfonamides is 1. The van der Waals surface area contributed by atoms with E-state index in [1.54, 1.807) is 23.7 Å². The normalized spacial score (nSPS) is 11.5. The Kier molecular flexibility index (Phi) is 6.80. The lowest BCUT2D eigenvalue weighted by atomic mass is 10.2. The van der Waals surface area contributed by atoms with Crippen molar-refractivity contribution in [3.05, 3.63) is 36.2 Å². The molecule has 0 bridgehead atoms. The van der Waals surface area contributed by atoms with Crippen molar-refractivity contribution in [2.75, 3.05) is 40.2 Å². The van der Waals surface area contributed by atoms with Gasteiger partial charge in [-0.15, -0.1) is 23.2 Å². The number of benzene rings is 1. The number of imidazole rings is 1. The Labute approximate surface area is 157 Å². The van der Waals surface area contributed by atoms with E-state index in [1.165, 1.54) is 6.20 Å². The second-order valence-electron chi connectivity index (χ2n) is 5.44. The van der Waals surface area contributed by atoms with Crippen LogP contribution in [0.1, 0.15) is 5.69 Å². The molecule has 3 N–H and O–H groups in total. The van der Waals surface area contributed by atoms with E-state index in [0.717, 1.165) is 5.69 Å². The maximum Gasteiger partial charge on any atom is 0.238 e. The molecule has 0 saturated carbocycles. The minimum absolute atomic E-state index is 0.208. The van der Waals surface area contributed by atoms with Gasteiger partial charge in [0.05, 0.1) is 11.9 Å². The van der Waals surface area contributed by atoms with E-state index in [2.05, 4.69) is 9.71 Å². The number of halogens is 2. The van der Waals surface area contributed by atoms with Crippen LogP contribution < -0.4 is 15.4 Å². The zero-order chi connectivity index (χ0) is 18.4. The number of rotatable bonds is 9. The molecule has 0 saturated heterocycles. The number of hydrogen-bond donors (Lipinski definition) is 2. The van der Waals surface area contributed by atoms with Crippen molar-refractivity contribution in [1.29, 1.82) is 0 Å². The molecule has 25 heavy (non-hydrogen) atoms. The smallest absolute Gasteiger partial charge is 0.238 e. The summed E-state index contributed by atoms with van der Waals surface area (Å²) in [7, 11) is -1.90. The molecule has 0 amide bonds. The average Bonchev–Trinajstić information content (AvgIpc) is 2.86. The molecule has 1 aromatic heterocycles. The molecule has 0 fully saturated rings. The van der Waals surface area contributed by atoms with E-state index in [0.29, 0.717) is 36.2 Å². The minimum atomic E-state index is -3.57. The van der Waals surface area contributed by atoms with Gasteiger partial charge >= 0.3 is 0 Å². The number of hydrogen-bond acceptors (Lipinski definition) is 5. The molecule has 138 valence electrons. The quantitative estimate of drug-likeness (QED) is 0.623. The van der Waals surface area contributed by atoms with Gasteiger partial charge in [0.2, 0.25) is 10.0 Å². The van der Waals surface area contributed by atoms with E-state index >= 15 is 0 Å². The highest BCUT2D eigenvalue weighted by Crippen LogP contribution is 2.20. The number of nitrogens with two attached hydrogens (primary N) is 1. The Hall–Kier alpha value is -1.64. The van der Waals surface area contributed by atoms with Gasteiger partial charge in [-0.3, -0.25) is 4.72 Å². The summed E-state index contributed by atoms with van der Waals surface area (Å²) in [5, 5.41) is 0. The fourth-order valence-electron chi connectivity index (χ4n) is 2.32. The van der Waals surface area contributed by atoms with Crippen LogP contribution in [0.2, 0.25) is 0 Å². The van der Waals surface area contributed by atoms with Crippen LogP contribution in [-0.2, 0) is 22.8 Å². The van der Waals surface area contributed by atoms with Crippen LogP contribution in [-0.4, -0.2) is 42.8 Å². The summed E-state index contributed by atoms with van der Waals surface area (Å²) in [6, 6.07) is 7.08. The molecule has 0 atom stereocenters. The predicted octanol–water partition coefficient (Wildman–Crippen LogP) is 2.23. The zero-order valence-corrected chi connectivity index (χ0v) is 16.2. The number of nitrogen functional groups attached to an aromatic ring is 1. The van der Waals surface area contributed by atoms with Crippen molar-refractivity contribution < 1.29 is 8.42 Å². The Morgan fingerprint density at radius 2 is 1.80 bits per heavy atom. The van der Waals surface area contributed by atoms with Gasteiger partial charge in [0.25, 0.3) is 0 Å². The molecule has 1 aromatic carbocycles. The summed E-state index contributed by atoms with van der Waals surface area (Å²) in [6.45, 7) is 1.34. The van der Waals surface area contributed by atoms with Gasteiger partial charge in [-0.05, 0) is 24.3 Å². The first-order valence-corrected chi connectivity index (χ1v) is 10.3. The van der Waals surface area contributed by atoms with E-state index in [9.17, 15) is 8.42 Å². The van der Waals surface area contributed by atoms with Gasteiger partial charge in [-0.1, -0.05) is 0 Å². The van der Waals surface area contributed by atoms with E-state index in [4.69, 9.17) is 28.9 Å². The molecule has 2 aromatic rings. The molecular weight excluding hydrogens is 385 g/mol. The Morgan fingerprint density at radius 1 is 1.20 bits per heavy atom. The van der Waals surface area contributed by atoms with E-state index in [1.807, 2.05) is 17.0 Å². The Morgan fingerprint density at radius 3 is 2.28 bits per heavy atom. The average molecular weight is 406 g/mol. The monoisotopic (exact) mass is 405 g/mol. The molecule has 0 aliphatic carbocycles. The van der Waals surface area contributed by atoms with Gasteiger partial charge in [0.15, 0.2) is 5.95 Å². The first kappa shape index (κ1) is 19.7. The number of nitrogens with zero attached hydrogens (tertiary/aromatic N) is 3. The van der Waals surface area contributed by atoms with Crippen LogP contribution in [0.3, 0.4) is 0 Å². The maximum absolute atomic E-state index is 12.3.